The van der Waals surface area contributed by atoms with Crippen LogP contribution in [0.4, 0.5) is 0 Å². The molecule has 0 heterocycles. The van der Waals surface area contributed by atoms with Crippen molar-refractivity contribution in [1.29, 1.82) is 0 Å². The Bertz CT molecular complexity index is 672. The standard InChI is InChI=1S/C14H18N2O4S/c1-11-10-13(6-5-12(11)4-3-8-17)14(18)16-7-9-21(19,20)15-2/h5-6,10,15,17H,7-9H2,1-2H3,(H,16,18). The van der Waals surface area contributed by atoms with Crippen molar-refractivity contribution in [3.8, 4) is 11.8 Å². The van der Waals surface area contributed by atoms with Crippen molar-refractivity contribution in [2.45, 2.75) is 6.92 Å². The lowest BCUT2D eigenvalue weighted by Crippen LogP contribution is -2.32. The van der Waals surface area contributed by atoms with E-state index in [1.807, 2.05) is 6.92 Å². The second-order valence-corrected chi connectivity index (χ2v) is 6.31. The minimum atomic E-state index is -3.33. The molecule has 0 fully saturated rings. The first kappa shape index (κ1) is 17.2. The summed E-state index contributed by atoms with van der Waals surface area (Å²) in [7, 11) is -2.00. The summed E-state index contributed by atoms with van der Waals surface area (Å²) in [5.74, 6) is 4.81. The highest BCUT2D eigenvalue weighted by atomic mass is 32.2. The number of nitrogens with one attached hydrogen (secondary N) is 2. The van der Waals surface area contributed by atoms with Gasteiger partial charge in [0.05, 0.1) is 5.75 Å². The highest BCUT2D eigenvalue weighted by molar-refractivity contribution is 7.89. The number of sulfonamides is 1. The summed E-state index contributed by atoms with van der Waals surface area (Å²) in [6.45, 7) is 1.62. The fraction of sp³-hybridized carbons (Fsp3) is 0.357. The van der Waals surface area contributed by atoms with E-state index in [9.17, 15) is 13.2 Å². The summed E-state index contributed by atoms with van der Waals surface area (Å²) in [6, 6.07) is 4.97. The highest BCUT2D eigenvalue weighted by Gasteiger charge is 2.10. The number of rotatable bonds is 5. The number of amides is 1. The van der Waals surface area contributed by atoms with Gasteiger partial charge in [0.1, 0.15) is 6.61 Å². The summed E-state index contributed by atoms with van der Waals surface area (Å²) < 4.78 is 24.6. The lowest BCUT2D eigenvalue weighted by molar-refractivity contribution is 0.0956. The maximum absolute atomic E-state index is 11.9. The predicted molar refractivity (Wildman–Crippen MR) is 80.3 cm³/mol. The summed E-state index contributed by atoms with van der Waals surface area (Å²) in [5, 5.41) is 11.2. The minimum absolute atomic E-state index is 0.0348. The first-order chi connectivity index (χ1) is 9.89. The topological polar surface area (TPSA) is 95.5 Å². The fourth-order valence-corrected chi connectivity index (χ4v) is 2.16. The number of benzene rings is 1. The number of aryl methyl sites for hydroxylation is 1. The minimum Gasteiger partial charge on any atom is -0.384 e. The lowest BCUT2D eigenvalue weighted by atomic mass is 10.0. The van der Waals surface area contributed by atoms with Gasteiger partial charge < -0.3 is 10.4 Å². The third kappa shape index (κ3) is 5.55. The molecule has 0 bridgehead atoms. The Kier molecular flexibility index (Phi) is 6.37. The molecule has 1 amide bonds. The molecule has 1 rings (SSSR count). The largest absolute Gasteiger partial charge is 0.384 e. The van der Waals surface area contributed by atoms with E-state index in [4.69, 9.17) is 5.11 Å². The molecular formula is C14H18N2O4S. The normalized spacial score (nSPS) is 10.6. The van der Waals surface area contributed by atoms with Crippen LogP contribution in [0, 0.1) is 18.8 Å². The number of aliphatic hydroxyl groups is 1. The van der Waals surface area contributed by atoms with Crippen molar-refractivity contribution in [2.24, 2.45) is 0 Å². The van der Waals surface area contributed by atoms with Crippen molar-refractivity contribution < 1.29 is 18.3 Å². The Balaban J connectivity index is 2.69. The molecular weight excluding hydrogens is 292 g/mol. The van der Waals surface area contributed by atoms with Crippen molar-refractivity contribution in [1.82, 2.24) is 10.0 Å². The van der Waals surface area contributed by atoms with Crippen LogP contribution in [-0.4, -0.2) is 45.4 Å². The van der Waals surface area contributed by atoms with Crippen LogP contribution in [0.25, 0.3) is 0 Å². The molecule has 0 aromatic heterocycles. The van der Waals surface area contributed by atoms with Crippen LogP contribution in [0.2, 0.25) is 0 Å². The van der Waals surface area contributed by atoms with Crippen LogP contribution in [0.1, 0.15) is 21.5 Å². The molecule has 7 heteroatoms. The molecule has 0 aliphatic carbocycles. The van der Waals surface area contributed by atoms with Crippen LogP contribution >= 0.6 is 0 Å². The molecule has 0 aliphatic rings. The van der Waals surface area contributed by atoms with E-state index in [1.165, 1.54) is 7.05 Å². The van der Waals surface area contributed by atoms with Crippen LogP contribution in [0.15, 0.2) is 18.2 Å². The maximum atomic E-state index is 11.9. The number of hydrogen-bond acceptors (Lipinski definition) is 4. The third-order valence-corrected chi connectivity index (χ3v) is 4.12. The number of carbonyl (C=O) groups is 1. The highest BCUT2D eigenvalue weighted by Crippen LogP contribution is 2.10. The molecule has 0 atom stereocenters. The Labute approximate surface area is 124 Å². The first-order valence-electron chi connectivity index (χ1n) is 6.29. The number of aliphatic hydroxyl groups excluding tert-OH is 1. The van der Waals surface area contributed by atoms with Crippen LogP contribution in [0.3, 0.4) is 0 Å². The summed E-state index contributed by atoms with van der Waals surface area (Å²) in [5.41, 5.74) is 1.98. The molecule has 6 nitrogen and oxygen atoms in total. The summed E-state index contributed by atoms with van der Waals surface area (Å²) in [6.07, 6.45) is 0. The van der Waals surface area contributed by atoms with Gasteiger partial charge in [0, 0.05) is 17.7 Å². The zero-order valence-corrected chi connectivity index (χ0v) is 12.8. The predicted octanol–water partition coefficient (Wildman–Crippen LogP) is -0.382. The zero-order chi connectivity index (χ0) is 15.9. The van der Waals surface area contributed by atoms with Gasteiger partial charge in [-0.1, -0.05) is 11.8 Å². The molecule has 114 valence electrons. The monoisotopic (exact) mass is 310 g/mol. The van der Waals surface area contributed by atoms with Crippen LogP contribution < -0.4 is 10.0 Å². The van der Waals surface area contributed by atoms with Gasteiger partial charge in [-0.05, 0) is 37.7 Å². The average molecular weight is 310 g/mol. The molecule has 0 radical (unpaired) electrons. The molecule has 1 aromatic rings. The maximum Gasteiger partial charge on any atom is 0.251 e. The van der Waals surface area contributed by atoms with Gasteiger partial charge in [-0.15, -0.1) is 0 Å². The van der Waals surface area contributed by atoms with E-state index in [2.05, 4.69) is 21.9 Å². The van der Waals surface area contributed by atoms with E-state index in [0.717, 1.165) is 11.1 Å². The van der Waals surface area contributed by atoms with Crippen molar-refractivity contribution in [3.05, 3.63) is 34.9 Å². The SMILES string of the molecule is CNS(=O)(=O)CCNC(=O)c1ccc(C#CCO)c(C)c1. The Morgan fingerprint density at radius 3 is 2.67 bits per heavy atom. The molecule has 0 unspecified atom stereocenters. The molecule has 0 saturated heterocycles. The number of hydrogen-bond donors (Lipinski definition) is 3. The lowest BCUT2D eigenvalue weighted by Gasteiger charge is -2.07. The van der Waals surface area contributed by atoms with E-state index in [0.29, 0.717) is 5.56 Å². The van der Waals surface area contributed by atoms with E-state index in [-0.39, 0.29) is 24.8 Å². The van der Waals surface area contributed by atoms with Gasteiger partial charge in [0.25, 0.3) is 5.91 Å². The van der Waals surface area contributed by atoms with E-state index < -0.39 is 10.0 Å². The van der Waals surface area contributed by atoms with Gasteiger partial charge in [-0.3, -0.25) is 4.79 Å². The Morgan fingerprint density at radius 1 is 1.38 bits per heavy atom. The molecule has 3 N–H and O–H groups in total. The van der Waals surface area contributed by atoms with Gasteiger partial charge in [0.15, 0.2) is 0 Å². The third-order valence-electron chi connectivity index (χ3n) is 2.76. The smallest absolute Gasteiger partial charge is 0.251 e. The van der Waals surface area contributed by atoms with E-state index in [1.54, 1.807) is 18.2 Å². The molecule has 0 saturated carbocycles. The van der Waals surface area contributed by atoms with Crippen molar-refractivity contribution in [2.75, 3.05) is 26.0 Å². The summed E-state index contributed by atoms with van der Waals surface area (Å²) in [4.78, 5) is 11.9. The average Bonchev–Trinajstić information content (AvgIpc) is 2.45. The van der Waals surface area contributed by atoms with Gasteiger partial charge >= 0.3 is 0 Å². The Morgan fingerprint density at radius 2 is 2.10 bits per heavy atom. The van der Waals surface area contributed by atoms with Gasteiger partial charge in [-0.25, -0.2) is 13.1 Å². The van der Waals surface area contributed by atoms with Gasteiger partial charge in [0.2, 0.25) is 10.0 Å². The van der Waals surface area contributed by atoms with Gasteiger partial charge in [-0.2, -0.15) is 0 Å². The second kappa shape index (κ2) is 7.78. The fourth-order valence-electron chi connectivity index (χ4n) is 1.58. The summed E-state index contributed by atoms with van der Waals surface area (Å²) >= 11 is 0. The van der Waals surface area contributed by atoms with Crippen molar-refractivity contribution >= 4 is 15.9 Å². The Hall–Kier alpha value is -1.88. The first-order valence-corrected chi connectivity index (χ1v) is 7.94. The number of carbonyl (C=O) groups excluding carboxylic acids is 1. The quantitative estimate of drug-likeness (QED) is 0.646. The van der Waals surface area contributed by atoms with E-state index >= 15 is 0 Å². The molecule has 1 aromatic carbocycles. The molecule has 0 spiro atoms. The van der Waals surface area contributed by atoms with Crippen molar-refractivity contribution in [3.63, 3.8) is 0 Å². The zero-order valence-electron chi connectivity index (χ0n) is 11.9. The van der Waals surface area contributed by atoms with Crippen LogP contribution in [-0.2, 0) is 10.0 Å². The second-order valence-electron chi connectivity index (χ2n) is 4.27. The molecule has 21 heavy (non-hydrogen) atoms. The van der Waals surface area contributed by atoms with Crippen LogP contribution in [0.5, 0.6) is 0 Å². The molecule has 0 aliphatic heterocycles.